The topological polar surface area (TPSA) is 19.3 Å². The van der Waals surface area contributed by atoms with Gasteiger partial charge >= 0.3 is 108 Å². The molecule has 1 fully saturated rings. The van der Waals surface area contributed by atoms with Gasteiger partial charge in [0.15, 0.2) is 0 Å². The molecule has 0 atom stereocenters. The average molecular weight is 648 g/mol. The smallest absolute Gasteiger partial charge is 0.0146 e. The summed E-state index contributed by atoms with van der Waals surface area (Å²) in [5, 5.41) is 0.674. The predicted molar refractivity (Wildman–Crippen MR) is 160 cm³/mol. The van der Waals surface area contributed by atoms with Crippen molar-refractivity contribution in [3.8, 4) is 5.75 Å². The number of aromatic hydroxyl groups is 1. The number of halogens is 3. The largest absolute Gasteiger partial charge is 0.522 e. The summed E-state index contributed by atoms with van der Waals surface area (Å²) >= 11 is 4.07. The maximum Gasteiger partial charge on any atom is 0.0146 e. The first-order chi connectivity index (χ1) is 17.4. The first kappa shape index (κ1) is 30.0. The van der Waals surface area contributed by atoms with Crippen molar-refractivity contribution >= 4 is 47.0 Å². The molecular formula is C30H36Cl3N2ORu-. The van der Waals surface area contributed by atoms with E-state index in [-0.39, 0.29) is 6.10 Å². The quantitative estimate of drug-likeness (QED) is 0.157. The Morgan fingerprint density at radius 2 is 1.54 bits per heavy atom. The van der Waals surface area contributed by atoms with Crippen molar-refractivity contribution in [3.05, 3.63) is 93.6 Å². The fourth-order valence-electron chi connectivity index (χ4n) is 4.61. The minimum absolute atomic E-state index is 0.240. The molecule has 3 aromatic rings. The fourth-order valence-corrected chi connectivity index (χ4v) is 6.58. The molecule has 7 heteroatoms. The number of aliphatic hydroxyl groups is 1. The van der Waals surface area contributed by atoms with Crippen LogP contribution in [0.15, 0.2) is 42.5 Å². The van der Waals surface area contributed by atoms with Crippen LogP contribution in [0.1, 0.15) is 47.2 Å². The molecule has 202 valence electrons. The third kappa shape index (κ3) is 8.45. The molecule has 0 radical (unpaired) electrons. The Kier molecular flexibility index (Phi) is 10.9. The van der Waals surface area contributed by atoms with E-state index in [4.69, 9.17) is 31.0 Å². The van der Waals surface area contributed by atoms with Gasteiger partial charge < -0.3 is 9.80 Å². The zero-order valence-electron chi connectivity index (χ0n) is 22.5. The summed E-state index contributed by atoms with van der Waals surface area (Å²) in [5.41, 5.74) is 10.0. The third-order valence-electron chi connectivity index (χ3n) is 5.90. The summed E-state index contributed by atoms with van der Waals surface area (Å²) in [4.78, 5) is 4.69. The van der Waals surface area contributed by atoms with Crippen LogP contribution in [-0.2, 0) is 13.5 Å². The molecule has 0 aromatic heterocycles. The number of benzene rings is 3. The van der Waals surface area contributed by atoms with Crippen LogP contribution in [0.25, 0.3) is 0 Å². The molecule has 0 aliphatic carbocycles. The van der Waals surface area contributed by atoms with Crippen LogP contribution in [0.5, 0.6) is 5.75 Å². The van der Waals surface area contributed by atoms with Gasteiger partial charge in [-0.25, -0.2) is 0 Å². The van der Waals surface area contributed by atoms with E-state index in [0.717, 1.165) is 24.4 Å². The number of rotatable bonds is 5. The van der Waals surface area contributed by atoms with Crippen molar-refractivity contribution < 1.29 is 18.3 Å². The van der Waals surface area contributed by atoms with Crippen LogP contribution in [-0.4, -0.2) is 28.5 Å². The molecule has 1 aliphatic rings. The number of ether oxygens (including phenoxy) is 1. The van der Waals surface area contributed by atoms with Gasteiger partial charge in [-0.3, -0.25) is 0 Å². The van der Waals surface area contributed by atoms with E-state index < -0.39 is 13.5 Å². The number of anilines is 2. The standard InChI is InChI=1S/C20H24N2.C10H11ClO.2ClH.Ru/c1-14-6-7-19(16(3)10-14)21-8-9-22(13-21)20-17(4)11-15(2)12-18(20)5;1-7(2)12-10-5-4-9(11)6-8(10)3;;;/h6,10-13H,8-9H2,1-5H3;3-7H,1-2H3;2*1H;/q-2;;;;+2/p-1. The molecule has 0 saturated carbocycles. The van der Waals surface area contributed by atoms with Gasteiger partial charge in [0.2, 0.25) is 0 Å². The van der Waals surface area contributed by atoms with Crippen LogP contribution in [0, 0.1) is 47.4 Å². The van der Waals surface area contributed by atoms with Crippen molar-refractivity contribution in [3.63, 3.8) is 0 Å². The van der Waals surface area contributed by atoms with E-state index in [1.807, 2.05) is 36.7 Å². The van der Waals surface area contributed by atoms with Crippen molar-refractivity contribution in [1.29, 1.82) is 0 Å². The maximum atomic E-state index is 5.90. The second kappa shape index (κ2) is 13.5. The molecular weight excluding hydrogens is 612 g/mol. The molecule has 0 amide bonds. The summed E-state index contributed by atoms with van der Waals surface area (Å²) < 4.78 is 6.33. The third-order valence-corrected chi connectivity index (χ3v) is 7.97. The van der Waals surface area contributed by atoms with E-state index in [1.165, 1.54) is 39.2 Å². The molecule has 0 bridgehead atoms. The summed E-state index contributed by atoms with van der Waals surface area (Å²) in [6.07, 6.45) is 0.240. The first-order valence-electron chi connectivity index (χ1n) is 12.2. The van der Waals surface area contributed by atoms with E-state index in [2.05, 4.69) is 86.2 Å². The summed E-state index contributed by atoms with van der Waals surface area (Å²) in [5.74, 6) is 0.898. The monoisotopic (exact) mass is 647 g/mol. The van der Waals surface area contributed by atoms with Gasteiger partial charge in [0.1, 0.15) is 0 Å². The molecule has 37 heavy (non-hydrogen) atoms. The van der Waals surface area contributed by atoms with Crippen molar-refractivity contribution in [2.24, 2.45) is 0 Å². The van der Waals surface area contributed by atoms with Crippen LogP contribution in [0.2, 0.25) is 5.02 Å². The molecule has 1 heterocycles. The maximum absolute atomic E-state index is 5.90. The number of aryl methyl sites for hydroxylation is 5. The fraction of sp³-hybridized carbons (Fsp3) is 0.333. The molecule has 1 saturated heterocycles. The van der Waals surface area contributed by atoms with E-state index in [1.54, 1.807) is 0 Å². The Labute approximate surface area is 240 Å². The Hall–Kier alpha value is -1.58. The van der Waals surface area contributed by atoms with E-state index >= 15 is 0 Å². The van der Waals surface area contributed by atoms with Gasteiger partial charge in [0.05, 0.1) is 0 Å². The van der Waals surface area contributed by atoms with Gasteiger partial charge in [-0.05, 0) is 31.9 Å². The molecule has 0 spiro atoms. The zero-order chi connectivity index (χ0) is 27.3. The van der Waals surface area contributed by atoms with Crippen molar-refractivity contribution in [1.82, 2.24) is 0 Å². The minimum Gasteiger partial charge on any atom is -0.522 e. The van der Waals surface area contributed by atoms with Gasteiger partial charge in [0, 0.05) is 18.8 Å². The van der Waals surface area contributed by atoms with Crippen molar-refractivity contribution in [2.75, 3.05) is 22.9 Å². The summed E-state index contributed by atoms with van der Waals surface area (Å²) in [6, 6.07) is 17.8. The Balaban J connectivity index is 0.000000222. The summed E-state index contributed by atoms with van der Waals surface area (Å²) in [7, 11) is 11.7. The molecule has 0 unspecified atom stereocenters. The second-order valence-corrected chi connectivity index (χ2v) is 15.9. The molecule has 3 aromatic carbocycles. The molecule has 4 rings (SSSR count). The molecule has 1 N–H and O–H groups in total. The predicted octanol–water partition coefficient (Wildman–Crippen LogP) is 8.54. The van der Waals surface area contributed by atoms with Crippen LogP contribution in [0.4, 0.5) is 11.4 Å². The van der Waals surface area contributed by atoms with Crippen molar-refractivity contribution in [2.45, 2.75) is 54.6 Å². The minimum atomic E-state index is -1.83. The van der Waals surface area contributed by atoms with Gasteiger partial charge in [-0.15, -0.1) is 11.3 Å². The SMILES string of the molecule is CC(C)[OH+]c1ccc(Cl)cc1[CH]=[Ru]([Cl])[Cl].Cc1c[c-]c(N2[CH-]N(c3c(C)cc(C)cc3C)CC2)c(C)c1. The molecule has 3 nitrogen and oxygen atoms in total. The van der Waals surface area contributed by atoms with Crippen LogP contribution in [0.3, 0.4) is 0 Å². The normalized spacial score (nSPS) is 13.4. The van der Waals surface area contributed by atoms with E-state index in [9.17, 15) is 0 Å². The van der Waals surface area contributed by atoms with Crippen LogP contribution < -0.4 is 9.80 Å². The van der Waals surface area contributed by atoms with Gasteiger partial charge in [0.25, 0.3) is 0 Å². The Morgan fingerprint density at radius 1 is 0.919 bits per heavy atom. The van der Waals surface area contributed by atoms with E-state index in [0.29, 0.717) is 5.02 Å². The van der Waals surface area contributed by atoms with Crippen LogP contribution >= 0.6 is 31.0 Å². The van der Waals surface area contributed by atoms with Gasteiger partial charge in [-0.1, -0.05) is 31.5 Å². The Bertz CT molecular complexity index is 1250. The number of nitrogens with zero attached hydrogens (tertiary/aromatic N) is 2. The number of hydrogen-bond acceptors (Lipinski definition) is 2. The zero-order valence-corrected chi connectivity index (χ0v) is 26.5. The Morgan fingerprint density at radius 3 is 2.14 bits per heavy atom. The summed E-state index contributed by atoms with van der Waals surface area (Å²) in [6.45, 7) is 19.2. The second-order valence-electron chi connectivity index (χ2n) is 9.69. The number of hydrogen-bond donors (Lipinski definition) is 0. The average Bonchev–Trinajstić information content (AvgIpc) is 3.24. The first-order valence-corrected chi connectivity index (χ1v) is 18.1. The molecule has 1 aliphatic heterocycles. The van der Waals surface area contributed by atoms with Gasteiger partial charge in [-0.2, -0.15) is 30.4 Å².